The average molecular weight is 345 g/mol. The Bertz CT molecular complexity index is 603. The molecule has 0 aromatic heterocycles. The second-order valence-corrected chi connectivity index (χ2v) is 7.90. The summed E-state index contributed by atoms with van der Waals surface area (Å²) in [6.07, 6.45) is 11.4. The molecular formula is C20H28FN3O. The summed E-state index contributed by atoms with van der Waals surface area (Å²) in [5.74, 6) is -0.336. The fourth-order valence-electron chi connectivity index (χ4n) is 5.25. The molecule has 4 rings (SSSR count). The van der Waals surface area contributed by atoms with Crippen molar-refractivity contribution in [3.05, 3.63) is 30.1 Å². The first-order chi connectivity index (χ1) is 12.2. The van der Waals surface area contributed by atoms with E-state index in [1.54, 1.807) is 12.1 Å². The Morgan fingerprint density at radius 2 is 1.68 bits per heavy atom. The molecule has 25 heavy (non-hydrogen) atoms. The Morgan fingerprint density at radius 3 is 2.36 bits per heavy atom. The number of rotatable bonds is 3. The molecule has 2 atom stereocenters. The van der Waals surface area contributed by atoms with E-state index in [1.807, 2.05) is 0 Å². The molecule has 1 saturated carbocycles. The van der Waals surface area contributed by atoms with Crippen LogP contribution in [0.4, 0.5) is 14.9 Å². The highest BCUT2D eigenvalue weighted by Crippen LogP contribution is 2.39. The number of carbonyl (C=O) groups is 1. The third-order valence-electron chi connectivity index (χ3n) is 6.20. The Hall–Kier alpha value is -1.62. The van der Waals surface area contributed by atoms with E-state index in [2.05, 4.69) is 15.5 Å². The van der Waals surface area contributed by atoms with Gasteiger partial charge in [0.25, 0.3) is 0 Å². The molecule has 2 saturated heterocycles. The van der Waals surface area contributed by atoms with Gasteiger partial charge in [-0.2, -0.15) is 0 Å². The molecule has 136 valence electrons. The summed E-state index contributed by atoms with van der Waals surface area (Å²) >= 11 is 0. The predicted octanol–water partition coefficient (Wildman–Crippen LogP) is 4.28. The molecule has 5 heteroatoms. The van der Waals surface area contributed by atoms with Crippen LogP contribution in [0.1, 0.15) is 57.8 Å². The fourth-order valence-corrected chi connectivity index (χ4v) is 5.25. The first-order valence-electron chi connectivity index (χ1n) is 9.79. The van der Waals surface area contributed by atoms with E-state index < -0.39 is 0 Å². The van der Waals surface area contributed by atoms with Crippen LogP contribution in [0.25, 0.3) is 0 Å². The van der Waals surface area contributed by atoms with Crippen molar-refractivity contribution >= 4 is 11.7 Å². The lowest BCUT2D eigenvalue weighted by Crippen LogP contribution is -2.59. The van der Waals surface area contributed by atoms with Crippen LogP contribution in [-0.2, 0) is 0 Å². The predicted molar refractivity (Wildman–Crippen MR) is 97.1 cm³/mol. The summed E-state index contributed by atoms with van der Waals surface area (Å²) in [6, 6.07) is 8.06. The van der Waals surface area contributed by atoms with E-state index in [0.717, 1.165) is 18.9 Å². The van der Waals surface area contributed by atoms with Crippen molar-refractivity contribution in [2.45, 2.75) is 82.0 Å². The van der Waals surface area contributed by atoms with Crippen LogP contribution in [0.3, 0.4) is 0 Å². The second kappa shape index (κ2) is 7.32. The monoisotopic (exact) mass is 345 g/mol. The number of hydrogen-bond donors (Lipinski definition) is 2. The molecule has 4 nitrogen and oxygen atoms in total. The quantitative estimate of drug-likeness (QED) is 0.859. The van der Waals surface area contributed by atoms with Gasteiger partial charge in [-0.05, 0) is 56.7 Å². The largest absolute Gasteiger partial charge is 0.335 e. The minimum atomic E-state index is -0.336. The van der Waals surface area contributed by atoms with Gasteiger partial charge in [0.1, 0.15) is 5.82 Å². The first-order valence-corrected chi connectivity index (χ1v) is 9.79. The zero-order valence-corrected chi connectivity index (χ0v) is 14.7. The van der Waals surface area contributed by atoms with Gasteiger partial charge in [0.05, 0.1) is 0 Å². The number of hydrogen-bond acceptors (Lipinski definition) is 2. The standard InChI is InChI=1S/C20H28FN3O/c21-14-5-3-6-15(11-14)22-20(25)23-16-12-18-9-4-10-19(13-16)24(18)17-7-1-2-8-17/h3,5-6,11,16-19H,1-2,4,7-10,12-13H2,(H2,22,23,25)/t18-,19-/m0/s1. The lowest BCUT2D eigenvalue weighted by Gasteiger charge is -2.51. The zero-order chi connectivity index (χ0) is 17.2. The van der Waals surface area contributed by atoms with Crippen molar-refractivity contribution in [2.24, 2.45) is 0 Å². The SMILES string of the molecule is O=C(Nc1cccc(F)c1)NC1C[C@@H]2CCC[C@@H](C1)N2C1CCCC1. The van der Waals surface area contributed by atoms with Crippen LogP contribution in [0, 0.1) is 5.82 Å². The van der Waals surface area contributed by atoms with Crippen molar-refractivity contribution in [3.63, 3.8) is 0 Å². The van der Waals surface area contributed by atoms with Crippen molar-refractivity contribution in [2.75, 3.05) is 5.32 Å². The summed E-state index contributed by atoms with van der Waals surface area (Å²) in [6.45, 7) is 0. The van der Waals surface area contributed by atoms with E-state index in [-0.39, 0.29) is 17.9 Å². The van der Waals surface area contributed by atoms with Crippen LogP contribution >= 0.6 is 0 Å². The van der Waals surface area contributed by atoms with Gasteiger partial charge < -0.3 is 10.6 Å². The van der Waals surface area contributed by atoms with E-state index in [0.29, 0.717) is 17.8 Å². The van der Waals surface area contributed by atoms with Crippen LogP contribution in [0.15, 0.2) is 24.3 Å². The molecule has 2 amide bonds. The molecule has 1 aromatic rings. The summed E-state index contributed by atoms with van der Waals surface area (Å²) in [7, 11) is 0. The molecule has 2 bridgehead atoms. The van der Waals surface area contributed by atoms with Crippen molar-refractivity contribution in [3.8, 4) is 0 Å². The van der Waals surface area contributed by atoms with Crippen molar-refractivity contribution < 1.29 is 9.18 Å². The highest BCUT2D eigenvalue weighted by atomic mass is 19.1. The Morgan fingerprint density at radius 1 is 1.00 bits per heavy atom. The Labute approximate surface area is 149 Å². The molecule has 1 aromatic carbocycles. The normalized spacial score (nSPS) is 30.2. The van der Waals surface area contributed by atoms with E-state index in [1.165, 1.54) is 57.1 Å². The van der Waals surface area contributed by atoms with Gasteiger partial charge in [-0.25, -0.2) is 9.18 Å². The molecule has 1 aliphatic carbocycles. The minimum Gasteiger partial charge on any atom is -0.335 e. The van der Waals surface area contributed by atoms with Crippen molar-refractivity contribution in [1.82, 2.24) is 10.2 Å². The number of fused-ring (bicyclic) bond motifs is 2. The van der Waals surface area contributed by atoms with Crippen molar-refractivity contribution in [1.29, 1.82) is 0 Å². The molecule has 3 fully saturated rings. The Kier molecular flexibility index (Phi) is 4.93. The van der Waals surface area contributed by atoms with Crippen LogP contribution < -0.4 is 10.6 Å². The van der Waals surface area contributed by atoms with Gasteiger partial charge in [0.2, 0.25) is 0 Å². The number of piperidine rings is 2. The summed E-state index contributed by atoms with van der Waals surface area (Å²) in [4.78, 5) is 15.1. The molecule has 2 aliphatic heterocycles. The number of anilines is 1. The minimum absolute atomic E-state index is 0.219. The smallest absolute Gasteiger partial charge is 0.319 e. The van der Waals surface area contributed by atoms with Crippen LogP contribution in [-0.4, -0.2) is 35.1 Å². The van der Waals surface area contributed by atoms with Crippen LogP contribution in [0.5, 0.6) is 0 Å². The highest BCUT2D eigenvalue weighted by Gasteiger charge is 2.42. The van der Waals surface area contributed by atoms with Gasteiger partial charge in [0.15, 0.2) is 0 Å². The van der Waals surface area contributed by atoms with E-state index >= 15 is 0 Å². The highest BCUT2D eigenvalue weighted by molar-refractivity contribution is 5.89. The first kappa shape index (κ1) is 16.8. The zero-order valence-electron chi connectivity index (χ0n) is 14.7. The number of halogens is 1. The molecule has 0 radical (unpaired) electrons. The van der Waals surface area contributed by atoms with E-state index in [9.17, 15) is 9.18 Å². The molecule has 2 heterocycles. The molecule has 0 unspecified atom stereocenters. The summed E-state index contributed by atoms with van der Waals surface area (Å²) in [5.41, 5.74) is 0.501. The van der Waals surface area contributed by atoms with E-state index in [4.69, 9.17) is 0 Å². The third-order valence-corrected chi connectivity index (χ3v) is 6.20. The fraction of sp³-hybridized carbons (Fsp3) is 0.650. The lowest BCUT2D eigenvalue weighted by molar-refractivity contribution is -0.00680. The maximum atomic E-state index is 13.2. The second-order valence-electron chi connectivity index (χ2n) is 7.90. The summed E-state index contributed by atoms with van der Waals surface area (Å²) < 4.78 is 13.2. The maximum Gasteiger partial charge on any atom is 0.319 e. The van der Waals surface area contributed by atoms with Gasteiger partial charge in [0, 0.05) is 29.9 Å². The maximum absolute atomic E-state index is 13.2. The number of urea groups is 1. The average Bonchev–Trinajstić information content (AvgIpc) is 3.08. The van der Waals surface area contributed by atoms with Crippen LogP contribution in [0.2, 0.25) is 0 Å². The number of amides is 2. The van der Waals surface area contributed by atoms with Gasteiger partial charge in [-0.15, -0.1) is 0 Å². The number of nitrogens with one attached hydrogen (secondary N) is 2. The number of carbonyl (C=O) groups excluding carboxylic acids is 1. The van der Waals surface area contributed by atoms with Gasteiger partial charge in [-0.1, -0.05) is 25.3 Å². The van der Waals surface area contributed by atoms with Gasteiger partial charge >= 0.3 is 6.03 Å². The topological polar surface area (TPSA) is 44.4 Å². The summed E-state index contributed by atoms with van der Waals surface area (Å²) in [5, 5.41) is 5.89. The van der Waals surface area contributed by atoms with Gasteiger partial charge in [-0.3, -0.25) is 4.90 Å². The molecule has 2 N–H and O–H groups in total. The Balaban J connectivity index is 1.35. The molecule has 3 aliphatic rings. The molecular weight excluding hydrogens is 317 g/mol. The molecule has 0 spiro atoms. The number of benzene rings is 1. The number of nitrogens with zero attached hydrogens (tertiary/aromatic N) is 1. The lowest BCUT2D eigenvalue weighted by atomic mass is 9.80. The third kappa shape index (κ3) is 3.81.